The predicted molar refractivity (Wildman–Crippen MR) is 212 cm³/mol. The number of ether oxygens (including phenoxy) is 1. The number of piperazine rings is 1. The van der Waals surface area contributed by atoms with E-state index >= 15 is 4.39 Å². The molecule has 1 aliphatic rings. The molecule has 0 radical (unpaired) electrons. The number of carboxylic acid groups (broad SMARTS) is 1. The fourth-order valence-corrected chi connectivity index (χ4v) is 29.4. The Balaban J connectivity index is 1.26. The highest BCUT2D eigenvalue weighted by Gasteiger charge is 2.26. The van der Waals surface area contributed by atoms with Crippen molar-refractivity contribution in [2.45, 2.75) is 45.5 Å². The standard InChI is InChI=1S/C32H43FN4O7P6/c1-4-35-18-24(31(41)42)30(40)23-16-25(33)27(17-26(23)35)36-12-14-37(15-13-36)32(43)44-19-21-8-10-22(11-9-21)20-49(50(45)46)48-47-29(39)7-5-6-28(38)34(2)3/h8-11,16-18,47-48H,4-7,12-15,19-20,45-46H2,1-3H3,(H,41,42). The molecule has 0 aliphatic carbocycles. The van der Waals surface area contributed by atoms with Crippen molar-refractivity contribution in [1.82, 2.24) is 14.4 Å². The monoisotopic (exact) mass is 800 g/mol. The quantitative estimate of drug-likeness (QED) is 0.159. The molecule has 0 saturated carbocycles. The Morgan fingerprint density at radius 1 is 1.02 bits per heavy atom. The van der Waals surface area contributed by atoms with Gasteiger partial charge in [-0.1, -0.05) is 32.2 Å². The van der Waals surface area contributed by atoms with Gasteiger partial charge in [-0.05, 0) is 59.2 Å². The zero-order chi connectivity index (χ0) is 36.5. The molecule has 270 valence electrons. The topological polar surface area (TPSA) is 129 Å². The summed E-state index contributed by atoms with van der Waals surface area (Å²) in [7, 11) is 9.78. The third kappa shape index (κ3) is 10.9. The van der Waals surface area contributed by atoms with Crippen molar-refractivity contribution in [3.05, 3.63) is 75.3 Å². The third-order valence-corrected chi connectivity index (χ3v) is 32.1. The van der Waals surface area contributed by atoms with Gasteiger partial charge in [0.2, 0.25) is 11.3 Å². The van der Waals surface area contributed by atoms with Crippen LogP contribution in [0.4, 0.5) is 14.9 Å². The largest absolute Gasteiger partial charge is 0.477 e. The van der Waals surface area contributed by atoms with Gasteiger partial charge in [0.05, 0.1) is 11.2 Å². The Labute approximate surface area is 301 Å². The number of pyridine rings is 1. The molecular weight excluding hydrogens is 757 g/mol. The molecule has 5 atom stereocenters. The van der Waals surface area contributed by atoms with Crippen molar-refractivity contribution in [1.29, 1.82) is 0 Å². The van der Waals surface area contributed by atoms with Gasteiger partial charge in [-0.25, -0.2) is 14.0 Å². The van der Waals surface area contributed by atoms with Gasteiger partial charge in [0.1, 0.15) is 18.0 Å². The summed E-state index contributed by atoms with van der Waals surface area (Å²) in [6.45, 7) is 3.35. The Hall–Kier alpha value is -2.16. The number of fused-ring (bicyclic) bond motifs is 1. The number of rotatable bonds is 15. The number of halogens is 1. The van der Waals surface area contributed by atoms with Crippen LogP contribution in [0.5, 0.6) is 0 Å². The molecular formula is C32H43FN4O7P6. The highest BCUT2D eigenvalue weighted by Crippen LogP contribution is 2.91. The summed E-state index contributed by atoms with van der Waals surface area (Å²) < 4.78 is 22.5. The molecule has 0 spiro atoms. The molecule has 3 aromatic rings. The summed E-state index contributed by atoms with van der Waals surface area (Å²) in [4.78, 5) is 66.3. The fraction of sp³-hybridized carbons (Fsp3) is 0.406. The number of aromatic carboxylic acids is 1. The van der Waals surface area contributed by atoms with Gasteiger partial charge in [0, 0.05) is 77.4 Å². The van der Waals surface area contributed by atoms with E-state index in [0.29, 0.717) is 65.5 Å². The van der Waals surface area contributed by atoms with Gasteiger partial charge in [-0.3, -0.25) is 14.4 Å². The molecule has 1 aliphatic heterocycles. The van der Waals surface area contributed by atoms with Gasteiger partial charge < -0.3 is 29.1 Å². The van der Waals surface area contributed by atoms with E-state index in [1.807, 2.05) is 36.1 Å². The SMILES string of the molecule is CCn1cc(C(=O)O)c(=O)c2cc(F)c(N3CCN(C(=O)OCc4ccc(CP(PPC(=O)CCCC(=O)N(C)C)P(P)P)cc4)CC3)cc21. The summed E-state index contributed by atoms with van der Waals surface area (Å²) in [6, 6.07) is 10.7. The first kappa shape index (κ1) is 40.6. The van der Waals surface area contributed by atoms with Crippen LogP contribution in [0.1, 0.15) is 47.7 Å². The number of benzene rings is 2. The summed E-state index contributed by atoms with van der Waals surface area (Å²) in [5.41, 5.74) is 1.89. The second-order valence-corrected chi connectivity index (χ2v) is 31.5. The summed E-state index contributed by atoms with van der Waals surface area (Å²) in [5.74, 6) is -1.94. The summed E-state index contributed by atoms with van der Waals surface area (Å²) >= 11 is 0. The predicted octanol–water partition coefficient (Wildman–Crippen LogP) is 7.25. The van der Waals surface area contributed by atoms with Crippen LogP contribution < -0.4 is 10.3 Å². The van der Waals surface area contributed by atoms with Crippen LogP contribution >= 0.6 is 48.4 Å². The lowest BCUT2D eigenvalue weighted by Gasteiger charge is -2.35. The number of carbonyl (C=O) groups excluding carboxylic acids is 3. The molecule has 18 heteroatoms. The maximum atomic E-state index is 15.2. The maximum absolute atomic E-state index is 15.2. The molecule has 2 amide bonds. The lowest BCUT2D eigenvalue weighted by molar-refractivity contribution is -0.128. The minimum atomic E-state index is -1.36. The van der Waals surface area contributed by atoms with Gasteiger partial charge in [0.15, 0.2) is 5.52 Å². The summed E-state index contributed by atoms with van der Waals surface area (Å²) in [6.07, 6.45) is 3.19. The normalized spacial score (nSPS) is 14.3. The van der Waals surface area contributed by atoms with Gasteiger partial charge in [-0.2, -0.15) is 0 Å². The lowest BCUT2D eigenvalue weighted by Crippen LogP contribution is -2.49. The number of carbonyl (C=O) groups is 4. The zero-order valence-electron chi connectivity index (χ0n) is 28.2. The molecule has 5 unspecified atom stereocenters. The van der Waals surface area contributed by atoms with E-state index < -0.39 is 28.9 Å². The number of amides is 2. The summed E-state index contributed by atoms with van der Waals surface area (Å²) in [5, 5.41) is 9.41. The van der Waals surface area contributed by atoms with Crippen LogP contribution in [0.25, 0.3) is 10.9 Å². The van der Waals surface area contributed by atoms with Crippen LogP contribution in [-0.2, 0) is 33.6 Å². The molecule has 2 aromatic carbocycles. The van der Waals surface area contributed by atoms with Gasteiger partial charge in [0.25, 0.3) is 0 Å². The van der Waals surface area contributed by atoms with Crippen LogP contribution in [0.15, 0.2) is 47.4 Å². The molecule has 0 bridgehead atoms. The van der Waals surface area contributed by atoms with E-state index in [1.165, 1.54) is 11.8 Å². The van der Waals surface area contributed by atoms with E-state index in [-0.39, 0.29) is 51.7 Å². The van der Waals surface area contributed by atoms with Crippen molar-refractivity contribution >= 4 is 88.5 Å². The Morgan fingerprint density at radius 2 is 1.68 bits per heavy atom. The van der Waals surface area contributed by atoms with Gasteiger partial charge in [-0.15, -0.1) is 17.9 Å². The molecule has 1 aromatic heterocycles. The first-order valence-electron chi connectivity index (χ1n) is 15.9. The number of hydrogen-bond donors (Lipinski definition) is 1. The van der Waals surface area contributed by atoms with Gasteiger partial charge >= 0.3 is 12.1 Å². The Morgan fingerprint density at radius 3 is 2.28 bits per heavy atom. The number of anilines is 1. The molecule has 4 rings (SSSR count). The smallest absolute Gasteiger partial charge is 0.410 e. The minimum absolute atomic E-state index is 0.0117. The van der Waals surface area contributed by atoms with E-state index in [2.05, 4.69) is 17.9 Å². The molecule has 2 heterocycles. The molecule has 11 nitrogen and oxygen atoms in total. The molecule has 1 fully saturated rings. The van der Waals surface area contributed by atoms with E-state index in [0.717, 1.165) is 17.8 Å². The molecule has 1 saturated heterocycles. The Kier molecular flexibility index (Phi) is 15.5. The highest BCUT2D eigenvalue weighted by atomic mass is 32.9. The van der Waals surface area contributed by atoms with Crippen molar-refractivity contribution < 1.29 is 33.4 Å². The molecule has 50 heavy (non-hydrogen) atoms. The number of hydrogen-bond acceptors (Lipinski definition) is 7. The first-order valence-corrected chi connectivity index (χ1v) is 26.6. The van der Waals surface area contributed by atoms with Crippen LogP contribution in [0.3, 0.4) is 0 Å². The minimum Gasteiger partial charge on any atom is -0.477 e. The second-order valence-electron chi connectivity index (χ2n) is 11.9. The number of carboxylic acids is 1. The first-order chi connectivity index (χ1) is 23.8. The fourth-order valence-electron chi connectivity index (χ4n) is 5.33. The highest BCUT2D eigenvalue weighted by molar-refractivity contribution is 8.88. The van der Waals surface area contributed by atoms with Crippen LogP contribution in [-0.4, -0.2) is 83.2 Å². The zero-order valence-corrected chi connectivity index (χ0v) is 34.3. The second kappa shape index (κ2) is 19.1. The number of aryl methyl sites for hydroxylation is 1. The van der Waals surface area contributed by atoms with E-state index in [9.17, 15) is 29.1 Å². The lowest BCUT2D eigenvalue weighted by atomic mass is 10.1. The van der Waals surface area contributed by atoms with E-state index in [1.54, 1.807) is 34.5 Å². The maximum Gasteiger partial charge on any atom is 0.410 e. The van der Waals surface area contributed by atoms with Crippen LogP contribution in [0.2, 0.25) is 0 Å². The van der Waals surface area contributed by atoms with Crippen molar-refractivity contribution in [2.24, 2.45) is 0 Å². The third-order valence-electron chi connectivity index (χ3n) is 8.21. The number of aromatic nitrogens is 1. The number of nitrogens with zero attached hydrogens (tertiary/aromatic N) is 4. The van der Waals surface area contributed by atoms with Crippen molar-refractivity contribution in [3.8, 4) is 0 Å². The van der Waals surface area contributed by atoms with E-state index in [4.69, 9.17) is 4.74 Å². The van der Waals surface area contributed by atoms with Crippen molar-refractivity contribution in [2.75, 3.05) is 45.2 Å². The molecule has 1 N–H and O–H groups in total. The average molecular weight is 801 g/mol. The average Bonchev–Trinajstić information content (AvgIpc) is 3.09. The van der Waals surface area contributed by atoms with Crippen LogP contribution in [0, 0.1) is 5.82 Å². The van der Waals surface area contributed by atoms with Crippen molar-refractivity contribution in [3.63, 3.8) is 0 Å². The Bertz CT molecular complexity index is 1770.